The maximum absolute atomic E-state index is 5.64. The van der Waals surface area contributed by atoms with E-state index in [1.165, 1.54) is 21.1 Å². The van der Waals surface area contributed by atoms with Gasteiger partial charge < -0.3 is 10.6 Å². The molecule has 1 rings (SSSR count). The molecule has 2 N–H and O–H groups in total. The second-order valence-electron chi connectivity index (χ2n) is 3.73. The van der Waals surface area contributed by atoms with Crippen molar-refractivity contribution in [2.24, 2.45) is 5.73 Å². The molecular weight excluding hydrogens is 224 g/mol. The van der Waals surface area contributed by atoms with E-state index in [1.807, 2.05) is 23.1 Å². The molecule has 0 spiro atoms. The van der Waals surface area contributed by atoms with E-state index in [4.69, 9.17) is 5.73 Å². The zero-order valence-corrected chi connectivity index (χ0v) is 11.4. The lowest BCUT2D eigenvalue weighted by Gasteiger charge is -2.15. The molecule has 2 nitrogen and oxygen atoms in total. The van der Waals surface area contributed by atoms with Crippen molar-refractivity contribution in [2.45, 2.75) is 20.0 Å². The van der Waals surface area contributed by atoms with Gasteiger partial charge in [-0.1, -0.05) is 0 Å². The Morgan fingerprint density at radius 2 is 2.27 bits per heavy atom. The minimum Gasteiger partial charge on any atom is -0.326 e. The molecule has 0 aliphatic carbocycles. The second kappa shape index (κ2) is 6.53. The maximum Gasteiger partial charge on any atom is 0.0274 e. The molecular formula is C11H20N2S2. The van der Waals surface area contributed by atoms with Crippen LogP contribution in [0.3, 0.4) is 0 Å². The van der Waals surface area contributed by atoms with E-state index in [2.05, 4.69) is 31.2 Å². The smallest absolute Gasteiger partial charge is 0.0274 e. The highest BCUT2D eigenvalue weighted by Gasteiger charge is 2.06. The van der Waals surface area contributed by atoms with E-state index < -0.39 is 0 Å². The van der Waals surface area contributed by atoms with Crippen LogP contribution in [0.25, 0.3) is 0 Å². The van der Waals surface area contributed by atoms with E-state index in [1.54, 1.807) is 0 Å². The van der Waals surface area contributed by atoms with Gasteiger partial charge in [0, 0.05) is 35.1 Å². The Balaban J connectivity index is 2.51. The third-order valence-corrected chi connectivity index (χ3v) is 4.10. The minimum atomic E-state index is 0.667. The number of nitrogens with zero attached hydrogens (tertiary/aromatic N) is 1. The van der Waals surface area contributed by atoms with Crippen LogP contribution in [-0.2, 0) is 13.1 Å². The van der Waals surface area contributed by atoms with Gasteiger partial charge in [-0.05, 0) is 31.9 Å². The van der Waals surface area contributed by atoms with Gasteiger partial charge in [0.1, 0.15) is 0 Å². The number of aryl methyl sites for hydroxylation is 1. The van der Waals surface area contributed by atoms with Crippen LogP contribution in [0.2, 0.25) is 0 Å². The van der Waals surface area contributed by atoms with Gasteiger partial charge >= 0.3 is 0 Å². The standard InChI is InChI=1S/C11H20N2S2/c1-9-10(6-11(7-12)15-9)8-13(2)4-5-14-3/h6H,4-5,7-8,12H2,1-3H3. The summed E-state index contributed by atoms with van der Waals surface area (Å²) in [6.07, 6.45) is 2.15. The van der Waals surface area contributed by atoms with Crippen molar-refractivity contribution < 1.29 is 0 Å². The van der Waals surface area contributed by atoms with Gasteiger partial charge in [-0.15, -0.1) is 11.3 Å². The fourth-order valence-corrected chi connectivity index (χ4v) is 2.89. The SMILES string of the molecule is CSCCN(C)Cc1cc(CN)sc1C. The van der Waals surface area contributed by atoms with Crippen LogP contribution >= 0.6 is 23.1 Å². The molecule has 0 amide bonds. The maximum atomic E-state index is 5.64. The Morgan fingerprint density at radius 3 is 2.80 bits per heavy atom. The highest BCUT2D eigenvalue weighted by molar-refractivity contribution is 7.98. The number of nitrogens with two attached hydrogens (primary N) is 1. The number of hydrogen-bond acceptors (Lipinski definition) is 4. The van der Waals surface area contributed by atoms with Crippen molar-refractivity contribution in [3.63, 3.8) is 0 Å². The van der Waals surface area contributed by atoms with Gasteiger partial charge in [0.2, 0.25) is 0 Å². The van der Waals surface area contributed by atoms with Gasteiger partial charge in [-0.25, -0.2) is 0 Å². The third-order valence-electron chi connectivity index (χ3n) is 2.39. The molecule has 0 aliphatic rings. The van der Waals surface area contributed by atoms with Crippen LogP contribution in [0.1, 0.15) is 15.3 Å². The second-order valence-corrected chi connectivity index (χ2v) is 6.06. The molecule has 0 saturated heterocycles. The van der Waals surface area contributed by atoms with Crippen molar-refractivity contribution in [2.75, 3.05) is 25.6 Å². The molecule has 0 bridgehead atoms. The van der Waals surface area contributed by atoms with Crippen molar-refractivity contribution >= 4 is 23.1 Å². The molecule has 86 valence electrons. The molecule has 0 atom stereocenters. The van der Waals surface area contributed by atoms with Gasteiger partial charge in [0.15, 0.2) is 0 Å². The average molecular weight is 244 g/mol. The van der Waals surface area contributed by atoms with Crippen molar-refractivity contribution in [3.05, 3.63) is 21.4 Å². The fourth-order valence-electron chi connectivity index (χ4n) is 1.46. The first-order valence-electron chi connectivity index (χ1n) is 5.13. The van der Waals surface area contributed by atoms with Crippen LogP contribution < -0.4 is 5.73 Å². The van der Waals surface area contributed by atoms with Crippen molar-refractivity contribution in [3.8, 4) is 0 Å². The minimum absolute atomic E-state index is 0.667. The summed E-state index contributed by atoms with van der Waals surface area (Å²) in [7, 11) is 2.18. The lowest BCUT2D eigenvalue weighted by Crippen LogP contribution is -2.20. The summed E-state index contributed by atoms with van der Waals surface area (Å²) in [4.78, 5) is 5.07. The fraction of sp³-hybridized carbons (Fsp3) is 0.636. The molecule has 1 aromatic rings. The monoisotopic (exact) mass is 244 g/mol. The van der Waals surface area contributed by atoms with E-state index >= 15 is 0 Å². The summed E-state index contributed by atoms with van der Waals surface area (Å²) >= 11 is 3.72. The van der Waals surface area contributed by atoms with Crippen molar-refractivity contribution in [1.82, 2.24) is 4.90 Å². The normalized spacial score (nSPS) is 11.3. The molecule has 0 aliphatic heterocycles. The van der Waals surface area contributed by atoms with Crippen LogP contribution in [0.5, 0.6) is 0 Å². The van der Waals surface area contributed by atoms with Crippen LogP contribution in [-0.4, -0.2) is 30.5 Å². The largest absolute Gasteiger partial charge is 0.326 e. The first kappa shape index (κ1) is 13.0. The molecule has 1 aromatic heterocycles. The topological polar surface area (TPSA) is 29.3 Å². The molecule has 1 heterocycles. The Kier molecular flexibility index (Phi) is 5.68. The van der Waals surface area contributed by atoms with E-state index in [-0.39, 0.29) is 0 Å². The molecule has 0 unspecified atom stereocenters. The highest BCUT2D eigenvalue weighted by Crippen LogP contribution is 2.22. The van der Waals surface area contributed by atoms with E-state index in [9.17, 15) is 0 Å². The predicted octanol–water partition coefficient (Wildman–Crippen LogP) is 2.31. The molecule has 0 fully saturated rings. The summed E-state index contributed by atoms with van der Waals surface area (Å²) in [6, 6.07) is 2.25. The van der Waals surface area contributed by atoms with E-state index in [0.29, 0.717) is 6.54 Å². The molecule has 4 heteroatoms. The number of thioether (sulfide) groups is 1. The van der Waals surface area contributed by atoms with Gasteiger partial charge in [0.05, 0.1) is 0 Å². The Hall–Kier alpha value is -0.0300. The zero-order valence-electron chi connectivity index (χ0n) is 9.75. The summed E-state index contributed by atoms with van der Waals surface area (Å²) in [5.41, 5.74) is 7.07. The van der Waals surface area contributed by atoms with Crippen LogP contribution in [0.15, 0.2) is 6.07 Å². The predicted molar refractivity (Wildman–Crippen MR) is 71.7 cm³/mol. The molecule has 0 radical (unpaired) electrons. The van der Waals surface area contributed by atoms with Gasteiger partial charge in [-0.2, -0.15) is 11.8 Å². The highest BCUT2D eigenvalue weighted by atomic mass is 32.2. The lowest BCUT2D eigenvalue weighted by molar-refractivity contribution is 0.348. The Labute approximate surface area is 101 Å². The summed E-state index contributed by atoms with van der Waals surface area (Å²) < 4.78 is 0. The lowest BCUT2D eigenvalue weighted by atomic mass is 10.2. The average Bonchev–Trinajstić information content (AvgIpc) is 2.57. The summed E-state index contributed by atoms with van der Waals surface area (Å²) in [5.74, 6) is 1.20. The van der Waals surface area contributed by atoms with E-state index in [0.717, 1.165) is 13.1 Å². The number of thiophene rings is 1. The Morgan fingerprint density at radius 1 is 1.53 bits per heavy atom. The molecule has 0 saturated carbocycles. The summed E-state index contributed by atoms with van der Waals surface area (Å²) in [5, 5.41) is 0. The molecule has 0 aromatic carbocycles. The number of hydrogen-bond donors (Lipinski definition) is 1. The zero-order chi connectivity index (χ0) is 11.3. The first-order chi connectivity index (χ1) is 7.17. The quantitative estimate of drug-likeness (QED) is 0.832. The van der Waals surface area contributed by atoms with Gasteiger partial charge in [0.25, 0.3) is 0 Å². The van der Waals surface area contributed by atoms with Crippen LogP contribution in [0.4, 0.5) is 0 Å². The summed E-state index contributed by atoms with van der Waals surface area (Å²) in [6.45, 7) is 5.04. The van der Waals surface area contributed by atoms with Crippen molar-refractivity contribution in [1.29, 1.82) is 0 Å². The number of rotatable bonds is 6. The van der Waals surface area contributed by atoms with Gasteiger partial charge in [-0.3, -0.25) is 0 Å². The third kappa shape index (κ3) is 4.15. The first-order valence-corrected chi connectivity index (χ1v) is 7.34. The van der Waals surface area contributed by atoms with Crippen LogP contribution in [0, 0.1) is 6.92 Å². The Bertz CT molecular complexity index is 297. The molecule has 15 heavy (non-hydrogen) atoms.